The van der Waals surface area contributed by atoms with Gasteiger partial charge in [0.15, 0.2) is 5.82 Å². The van der Waals surface area contributed by atoms with Crippen molar-refractivity contribution in [2.75, 3.05) is 18.6 Å². The van der Waals surface area contributed by atoms with Gasteiger partial charge in [0.1, 0.15) is 17.4 Å². The zero-order valence-electron chi connectivity index (χ0n) is 8.84. The van der Waals surface area contributed by atoms with Crippen LogP contribution in [0.4, 0.5) is 11.6 Å². The summed E-state index contributed by atoms with van der Waals surface area (Å²) in [5.74, 6) is 2.01. The van der Waals surface area contributed by atoms with Gasteiger partial charge >= 0.3 is 0 Å². The highest BCUT2D eigenvalue weighted by Crippen LogP contribution is 2.20. The average molecular weight is 216 g/mol. The van der Waals surface area contributed by atoms with E-state index in [0.717, 1.165) is 11.3 Å². The minimum Gasteiger partial charge on any atom is -0.497 e. The SMILES string of the molecule is COc1ccc(-c2nc(N)cc(N)n2)cc1. The number of nitrogens with two attached hydrogens (primary N) is 2. The Hall–Kier alpha value is -2.30. The molecule has 4 N–H and O–H groups in total. The van der Waals surface area contributed by atoms with Crippen LogP contribution in [0.5, 0.6) is 5.75 Å². The molecule has 0 radical (unpaired) electrons. The Kier molecular flexibility index (Phi) is 2.59. The van der Waals surface area contributed by atoms with Gasteiger partial charge < -0.3 is 16.2 Å². The van der Waals surface area contributed by atoms with E-state index in [1.54, 1.807) is 7.11 Å². The molecule has 5 nitrogen and oxygen atoms in total. The Balaban J connectivity index is 2.42. The van der Waals surface area contributed by atoms with Gasteiger partial charge in [-0.2, -0.15) is 0 Å². The number of nitrogen functional groups attached to an aromatic ring is 2. The molecule has 0 aliphatic heterocycles. The molecule has 0 saturated carbocycles. The molecule has 2 aromatic rings. The van der Waals surface area contributed by atoms with E-state index in [2.05, 4.69) is 9.97 Å². The number of ether oxygens (including phenoxy) is 1. The van der Waals surface area contributed by atoms with Crippen molar-refractivity contribution in [3.8, 4) is 17.1 Å². The Labute approximate surface area is 93.1 Å². The Morgan fingerprint density at radius 2 is 1.56 bits per heavy atom. The summed E-state index contributed by atoms with van der Waals surface area (Å²) in [4.78, 5) is 8.21. The lowest BCUT2D eigenvalue weighted by Crippen LogP contribution is -1.99. The van der Waals surface area contributed by atoms with E-state index in [1.165, 1.54) is 6.07 Å². The number of benzene rings is 1. The molecule has 1 aromatic heterocycles. The summed E-state index contributed by atoms with van der Waals surface area (Å²) in [6.45, 7) is 0. The molecule has 16 heavy (non-hydrogen) atoms. The van der Waals surface area contributed by atoms with Gasteiger partial charge in [0, 0.05) is 11.6 Å². The fourth-order valence-electron chi connectivity index (χ4n) is 1.35. The predicted molar refractivity (Wildman–Crippen MR) is 62.8 cm³/mol. The van der Waals surface area contributed by atoms with E-state index in [9.17, 15) is 0 Å². The van der Waals surface area contributed by atoms with Gasteiger partial charge in [-0.3, -0.25) is 0 Å². The first-order valence-corrected chi connectivity index (χ1v) is 4.73. The highest BCUT2D eigenvalue weighted by atomic mass is 16.5. The topological polar surface area (TPSA) is 87.0 Å². The van der Waals surface area contributed by atoms with Crippen molar-refractivity contribution in [2.24, 2.45) is 0 Å². The maximum Gasteiger partial charge on any atom is 0.163 e. The van der Waals surface area contributed by atoms with Crippen LogP contribution in [-0.2, 0) is 0 Å². The molecule has 0 fully saturated rings. The number of methoxy groups -OCH3 is 1. The summed E-state index contributed by atoms with van der Waals surface area (Å²) in [5, 5.41) is 0. The van der Waals surface area contributed by atoms with Crippen LogP contribution in [0, 0.1) is 0 Å². The van der Waals surface area contributed by atoms with Crippen molar-refractivity contribution < 1.29 is 4.74 Å². The Bertz CT molecular complexity index is 476. The van der Waals surface area contributed by atoms with E-state index in [0.29, 0.717) is 17.5 Å². The molecule has 1 aromatic carbocycles. The van der Waals surface area contributed by atoms with Crippen molar-refractivity contribution >= 4 is 11.6 Å². The number of hydrogen-bond donors (Lipinski definition) is 2. The third kappa shape index (κ3) is 2.03. The lowest BCUT2D eigenvalue weighted by Gasteiger charge is -2.04. The van der Waals surface area contributed by atoms with Gasteiger partial charge in [0.2, 0.25) is 0 Å². The largest absolute Gasteiger partial charge is 0.497 e. The van der Waals surface area contributed by atoms with Crippen LogP contribution in [0.25, 0.3) is 11.4 Å². The highest BCUT2D eigenvalue weighted by molar-refractivity contribution is 5.60. The Morgan fingerprint density at radius 1 is 1.00 bits per heavy atom. The first-order chi connectivity index (χ1) is 7.69. The molecular formula is C11H12N4O. The predicted octanol–water partition coefficient (Wildman–Crippen LogP) is 1.32. The molecule has 82 valence electrons. The highest BCUT2D eigenvalue weighted by Gasteiger charge is 2.03. The van der Waals surface area contributed by atoms with Crippen LogP contribution in [0.3, 0.4) is 0 Å². The zero-order chi connectivity index (χ0) is 11.5. The third-order valence-electron chi connectivity index (χ3n) is 2.11. The van der Waals surface area contributed by atoms with Gasteiger partial charge in [0.25, 0.3) is 0 Å². The maximum absolute atomic E-state index is 5.60. The molecule has 0 spiro atoms. The molecule has 0 unspecified atom stereocenters. The number of anilines is 2. The van der Waals surface area contributed by atoms with Gasteiger partial charge in [-0.1, -0.05) is 0 Å². The molecule has 0 bridgehead atoms. The van der Waals surface area contributed by atoms with Crippen molar-refractivity contribution in [1.82, 2.24) is 9.97 Å². The molecule has 0 aliphatic rings. The van der Waals surface area contributed by atoms with Crippen molar-refractivity contribution in [1.29, 1.82) is 0 Å². The van der Waals surface area contributed by atoms with Crippen LogP contribution < -0.4 is 16.2 Å². The first-order valence-electron chi connectivity index (χ1n) is 4.73. The van der Waals surface area contributed by atoms with E-state index >= 15 is 0 Å². The molecule has 1 heterocycles. The fraction of sp³-hybridized carbons (Fsp3) is 0.0909. The van der Waals surface area contributed by atoms with Gasteiger partial charge in [-0.15, -0.1) is 0 Å². The number of rotatable bonds is 2. The van der Waals surface area contributed by atoms with Gasteiger partial charge in [-0.05, 0) is 24.3 Å². The van der Waals surface area contributed by atoms with E-state index in [-0.39, 0.29) is 0 Å². The van der Waals surface area contributed by atoms with E-state index in [1.807, 2.05) is 24.3 Å². The van der Waals surface area contributed by atoms with Gasteiger partial charge in [-0.25, -0.2) is 9.97 Å². The monoisotopic (exact) mass is 216 g/mol. The van der Waals surface area contributed by atoms with E-state index < -0.39 is 0 Å². The summed E-state index contributed by atoms with van der Waals surface area (Å²) < 4.78 is 5.06. The first kappa shape index (κ1) is 10.2. The number of nitrogens with zero attached hydrogens (tertiary/aromatic N) is 2. The minimum atomic E-state index is 0.360. The smallest absolute Gasteiger partial charge is 0.163 e. The summed E-state index contributed by atoms with van der Waals surface area (Å²) in [6, 6.07) is 8.89. The second-order valence-electron chi connectivity index (χ2n) is 3.27. The summed E-state index contributed by atoms with van der Waals surface area (Å²) in [6.07, 6.45) is 0. The van der Waals surface area contributed by atoms with Crippen molar-refractivity contribution in [2.45, 2.75) is 0 Å². The lowest BCUT2D eigenvalue weighted by atomic mass is 10.2. The fourth-order valence-corrected chi connectivity index (χ4v) is 1.35. The molecule has 2 rings (SSSR count). The Morgan fingerprint density at radius 3 is 2.06 bits per heavy atom. The molecule has 5 heteroatoms. The molecular weight excluding hydrogens is 204 g/mol. The van der Waals surface area contributed by atoms with Crippen LogP contribution >= 0.6 is 0 Å². The molecule has 0 amide bonds. The standard InChI is InChI=1S/C11H12N4O/c1-16-8-4-2-7(3-5-8)11-14-9(12)6-10(13)15-11/h2-6H,1H3,(H4,12,13,14,15). The zero-order valence-corrected chi connectivity index (χ0v) is 8.84. The maximum atomic E-state index is 5.60. The summed E-state index contributed by atoms with van der Waals surface area (Å²) in [7, 11) is 1.62. The van der Waals surface area contributed by atoms with Crippen LogP contribution in [0.1, 0.15) is 0 Å². The average Bonchev–Trinajstić information content (AvgIpc) is 2.28. The number of hydrogen-bond acceptors (Lipinski definition) is 5. The second-order valence-corrected chi connectivity index (χ2v) is 3.27. The normalized spacial score (nSPS) is 10.1. The summed E-state index contributed by atoms with van der Waals surface area (Å²) >= 11 is 0. The van der Waals surface area contributed by atoms with Crippen LogP contribution in [0.15, 0.2) is 30.3 Å². The molecule has 0 saturated heterocycles. The van der Waals surface area contributed by atoms with E-state index in [4.69, 9.17) is 16.2 Å². The summed E-state index contributed by atoms with van der Waals surface area (Å²) in [5.41, 5.74) is 12.0. The number of aromatic nitrogens is 2. The molecule has 0 aliphatic carbocycles. The quantitative estimate of drug-likeness (QED) is 0.790. The van der Waals surface area contributed by atoms with Crippen molar-refractivity contribution in [3.05, 3.63) is 30.3 Å². The second kappa shape index (κ2) is 4.06. The van der Waals surface area contributed by atoms with Crippen LogP contribution in [0.2, 0.25) is 0 Å². The van der Waals surface area contributed by atoms with Crippen molar-refractivity contribution in [3.63, 3.8) is 0 Å². The minimum absolute atomic E-state index is 0.360. The lowest BCUT2D eigenvalue weighted by molar-refractivity contribution is 0.415. The third-order valence-corrected chi connectivity index (χ3v) is 2.11. The van der Waals surface area contributed by atoms with Crippen LogP contribution in [-0.4, -0.2) is 17.1 Å². The van der Waals surface area contributed by atoms with Gasteiger partial charge in [0.05, 0.1) is 7.11 Å². The molecule has 0 atom stereocenters.